The molecule has 2 fully saturated rings. The fourth-order valence-corrected chi connectivity index (χ4v) is 3.69. The quantitative estimate of drug-likeness (QED) is 0.352. The number of alkyl halides is 1. The van der Waals surface area contributed by atoms with Gasteiger partial charge in [0.15, 0.2) is 0 Å². The number of hydrogen-bond acceptors (Lipinski definition) is 5. The number of nitrogens with zero attached hydrogens (tertiary/aromatic N) is 3. The molecule has 3 N–H and O–H groups in total. The molecule has 0 aromatic heterocycles. The minimum atomic E-state index is -0.833. The zero-order valence-electron chi connectivity index (χ0n) is 24.0. The van der Waals surface area contributed by atoms with Crippen LogP contribution in [0.25, 0.3) is 0 Å². The third-order valence-electron chi connectivity index (χ3n) is 5.48. The molecular weight excluding hydrogens is 520 g/mol. The van der Waals surface area contributed by atoms with Gasteiger partial charge in [0, 0.05) is 70.5 Å². The number of rotatable bonds is 6. The summed E-state index contributed by atoms with van der Waals surface area (Å²) in [6.45, 7) is 15.1. The molecule has 1 aromatic rings. The van der Waals surface area contributed by atoms with Gasteiger partial charge in [0.05, 0.1) is 5.69 Å². The summed E-state index contributed by atoms with van der Waals surface area (Å²) in [5, 5.41) is 13.4. The van der Waals surface area contributed by atoms with Crippen molar-refractivity contribution < 1.29 is 28.3 Å². The summed E-state index contributed by atoms with van der Waals surface area (Å²) in [6, 6.07) is 4.38. The Labute approximate surface area is 236 Å². The molecule has 1 aromatic carbocycles. The number of piperazine rings is 2. The van der Waals surface area contributed by atoms with Gasteiger partial charge in [-0.3, -0.25) is 9.59 Å². The van der Waals surface area contributed by atoms with E-state index in [0.29, 0.717) is 43.1 Å². The van der Waals surface area contributed by atoms with Crippen molar-refractivity contribution in [1.82, 2.24) is 15.1 Å². The largest absolute Gasteiger partial charge is 0.481 e. The van der Waals surface area contributed by atoms with Gasteiger partial charge < -0.3 is 30.4 Å². The summed E-state index contributed by atoms with van der Waals surface area (Å²) in [5.41, 5.74) is 1.29. The third-order valence-corrected chi connectivity index (χ3v) is 5.48. The fraction of sp³-hybridized carbons (Fsp3) is 0.483. The molecule has 0 unspecified atom stereocenters. The molecule has 0 atom stereocenters. The number of carboxylic acid groups (broad SMARTS) is 1. The lowest BCUT2D eigenvalue weighted by atomic mass is 10.2. The average Bonchev–Trinajstić information content (AvgIpc) is 2.91. The van der Waals surface area contributed by atoms with Crippen molar-refractivity contribution in [3.63, 3.8) is 0 Å². The summed E-state index contributed by atoms with van der Waals surface area (Å²) < 4.78 is 26.8. The molecule has 3 rings (SSSR count). The monoisotopic (exact) mass is 563 g/mol. The molecule has 2 saturated heterocycles. The molecule has 0 radical (unpaired) electrons. The Kier molecular flexibility index (Phi) is 15.9. The summed E-state index contributed by atoms with van der Waals surface area (Å²) in [7, 11) is 0. The highest BCUT2D eigenvalue weighted by Gasteiger charge is 2.25. The molecule has 11 heteroatoms. The van der Waals surface area contributed by atoms with Gasteiger partial charge in [0.25, 0.3) is 11.9 Å². The van der Waals surface area contributed by atoms with E-state index in [1.807, 2.05) is 4.90 Å². The first kappa shape index (κ1) is 34.3. The minimum absolute atomic E-state index is 0.214. The lowest BCUT2D eigenvalue weighted by molar-refractivity contribution is -0.134. The summed E-state index contributed by atoms with van der Waals surface area (Å²) in [5.74, 6) is -0.584. The molecule has 2 aliphatic heterocycles. The number of allylic oxidation sites excluding steroid dienone is 3. The van der Waals surface area contributed by atoms with Crippen LogP contribution in [0.15, 0.2) is 54.7 Å². The predicted octanol–water partition coefficient (Wildman–Crippen LogP) is 4.30. The van der Waals surface area contributed by atoms with E-state index in [1.54, 1.807) is 21.9 Å². The number of benzene rings is 1. The van der Waals surface area contributed by atoms with Crippen LogP contribution in [0.4, 0.5) is 25.0 Å². The van der Waals surface area contributed by atoms with Gasteiger partial charge in [-0.25, -0.2) is 13.6 Å². The SMILES string of the molecule is C=C/C(=C\C=C/CF)C(=O)N1CCN(C(=O)Nc2ccc(N3CCNCC3)c(F)c2)CC1.CC(=O)O.CC(C)C. The van der Waals surface area contributed by atoms with Crippen molar-refractivity contribution >= 4 is 29.3 Å². The Morgan fingerprint density at radius 3 is 2.12 bits per heavy atom. The zero-order chi connectivity index (χ0) is 30.1. The van der Waals surface area contributed by atoms with Crippen LogP contribution < -0.4 is 15.5 Å². The first-order valence-corrected chi connectivity index (χ1v) is 13.3. The number of urea groups is 1. The molecule has 9 nitrogen and oxygen atoms in total. The Bertz CT molecular complexity index is 1020. The summed E-state index contributed by atoms with van der Waals surface area (Å²) in [6.07, 6.45) is 5.73. The molecule has 222 valence electrons. The van der Waals surface area contributed by atoms with E-state index in [0.717, 1.165) is 39.0 Å². The van der Waals surface area contributed by atoms with Crippen LogP contribution in [-0.2, 0) is 9.59 Å². The predicted molar refractivity (Wildman–Crippen MR) is 156 cm³/mol. The van der Waals surface area contributed by atoms with Gasteiger partial charge in [0.2, 0.25) is 0 Å². The Morgan fingerprint density at radius 1 is 1.07 bits per heavy atom. The van der Waals surface area contributed by atoms with Crippen LogP contribution in [-0.4, -0.2) is 91.8 Å². The second-order valence-electron chi connectivity index (χ2n) is 9.77. The maximum absolute atomic E-state index is 14.6. The van der Waals surface area contributed by atoms with Gasteiger partial charge in [-0.15, -0.1) is 0 Å². The average molecular weight is 564 g/mol. The van der Waals surface area contributed by atoms with Gasteiger partial charge in [-0.2, -0.15) is 0 Å². The van der Waals surface area contributed by atoms with E-state index >= 15 is 0 Å². The van der Waals surface area contributed by atoms with Crippen molar-refractivity contribution in [1.29, 1.82) is 0 Å². The molecule has 2 aliphatic rings. The van der Waals surface area contributed by atoms with Gasteiger partial charge >= 0.3 is 6.03 Å². The fourth-order valence-electron chi connectivity index (χ4n) is 3.69. The molecular formula is C29H43F2N5O4. The molecule has 0 spiro atoms. The maximum Gasteiger partial charge on any atom is 0.321 e. The number of amides is 3. The lowest BCUT2D eigenvalue weighted by Gasteiger charge is -2.35. The number of carbonyl (C=O) groups excluding carboxylic acids is 2. The van der Waals surface area contributed by atoms with Crippen molar-refractivity contribution in [3.05, 3.63) is 60.5 Å². The van der Waals surface area contributed by atoms with Crippen molar-refractivity contribution in [2.75, 3.05) is 69.2 Å². The Balaban J connectivity index is 0.000000883. The van der Waals surface area contributed by atoms with Crippen LogP contribution in [0.3, 0.4) is 0 Å². The zero-order valence-corrected chi connectivity index (χ0v) is 24.0. The van der Waals surface area contributed by atoms with E-state index in [9.17, 15) is 18.4 Å². The van der Waals surface area contributed by atoms with E-state index in [2.05, 4.69) is 38.0 Å². The Morgan fingerprint density at radius 2 is 1.62 bits per heavy atom. The summed E-state index contributed by atoms with van der Waals surface area (Å²) in [4.78, 5) is 39.4. The summed E-state index contributed by atoms with van der Waals surface area (Å²) >= 11 is 0. The second kappa shape index (κ2) is 18.5. The van der Waals surface area contributed by atoms with Crippen molar-refractivity contribution in [3.8, 4) is 0 Å². The highest BCUT2D eigenvalue weighted by atomic mass is 19.1. The van der Waals surface area contributed by atoms with Crippen molar-refractivity contribution in [2.45, 2.75) is 27.7 Å². The van der Waals surface area contributed by atoms with Gasteiger partial charge in [0.1, 0.15) is 12.5 Å². The van der Waals surface area contributed by atoms with Crippen LogP contribution >= 0.6 is 0 Å². The number of hydrogen-bond donors (Lipinski definition) is 3. The second-order valence-corrected chi connectivity index (χ2v) is 9.77. The smallest absolute Gasteiger partial charge is 0.321 e. The number of aliphatic carboxylic acids is 1. The van der Waals surface area contributed by atoms with Gasteiger partial charge in [-0.1, -0.05) is 45.6 Å². The van der Waals surface area contributed by atoms with Crippen molar-refractivity contribution in [2.24, 2.45) is 5.92 Å². The van der Waals surface area contributed by atoms with E-state index in [1.165, 1.54) is 30.4 Å². The number of carboxylic acids is 1. The topological polar surface area (TPSA) is 105 Å². The molecule has 2 heterocycles. The van der Waals surface area contributed by atoms with Crippen LogP contribution in [0.1, 0.15) is 27.7 Å². The maximum atomic E-state index is 14.6. The normalized spacial score (nSPS) is 15.6. The number of carbonyl (C=O) groups is 3. The minimum Gasteiger partial charge on any atom is -0.481 e. The van der Waals surface area contributed by atoms with Gasteiger partial charge in [-0.05, 0) is 30.2 Å². The Hall–Kier alpha value is -3.73. The van der Waals surface area contributed by atoms with Crippen LogP contribution in [0.2, 0.25) is 0 Å². The van der Waals surface area contributed by atoms with E-state index < -0.39 is 12.6 Å². The van der Waals surface area contributed by atoms with Crippen LogP contribution in [0.5, 0.6) is 0 Å². The first-order chi connectivity index (χ1) is 19.0. The molecule has 0 bridgehead atoms. The number of anilines is 2. The highest BCUT2D eigenvalue weighted by molar-refractivity contribution is 5.96. The molecule has 40 heavy (non-hydrogen) atoms. The highest BCUT2D eigenvalue weighted by Crippen LogP contribution is 2.23. The molecule has 3 amide bonds. The number of halogens is 2. The number of nitrogens with one attached hydrogen (secondary N) is 2. The lowest BCUT2D eigenvalue weighted by Crippen LogP contribution is -2.51. The van der Waals surface area contributed by atoms with Crippen LogP contribution in [0, 0.1) is 11.7 Å². The standard InChI is InChI=1S/C23H29F2N5O2.C4H10.C2H4O2/c1-2-18(5-3-4-8-24)22(31)29-13-15-30(16-14-29)23(32)27-19-6-7-21(20(25)17-19)28-11-9-26-10-12-28;1-4(2)3;1-2(3)4/h2-7,17,26H,1,8-16H2,(H,27,32);4H,1-3H3;1H3,(H,3,4)/b4-3-,18-5+;;. The third kappa shape index (κ3) is 12.9. The van der Waals surface area contributed by atoms with E-state index in [-0.39, 0.29) is 17.8 Å². The molecule has 0 saturated carbocycles. The first-order valence-electron chi connectivity index (χ1n) is 13.3. The molecule has 0 aliphatic carbocycles. The van der Waals surface area contributed by atoms with E-state index in [4.69, 9.17) is 9.90 Å².